The predicted molar refractivity (Wildman–Crippen MR) is 63.9 cm³/mol. The smallest absolute Gasteiger partial charge is 0.250 e. The molecule has 0 aromatic rings. The molecule has 0 heterocycles. The maximum Gasteiger partial charge on any atom is 0.250 e. The van der Waals surface area contributed by atoms with Gasteiger partial charge in [-0.3, -0.25) is 0 Å². The number of hydrogen-bond acceptors (Lipinski definition) is 1. The fraction of sp³-hybridized carbons (Fsp3) is 1.00. The molecule has 0 amide bonds. The van der Waals surface area contributed by atoms with Crippen molar-refractivity contribution in [1.29, 1.82) is 0 Å². The first-order valence-corrected chi connectivity index (χ1v) is 6.33. The Morgan fingerprint density at radius 2 is 1.75 bits per heavy atom. The third kappa shape index (κ3) is 5.24. The molecule has 0 rings (SSSR count). The average molecular weight is 236 g/mol. The van der Waals surface area contributed by atoms with Crippen LogP contribution in [0.3, 0.4) is 0 Å². The van der Waals surface area contributed by atoms with Crippen LogP contribution in [-0.2, 0) is 4.74 Å². The Morgan fingerprint density at radius 3 is 2.06 bits per heavy atom. The molecule has 3 heteroatoms. The third-order valence-electron chi connectivity index (χ3n) is 2.93. The molecule has 0 N–H and O–H groups in total. The molecule has 16 heavy (non-hydrogen) atoms. The predicted octanol–water partition coefficient (Wildman–Crippen LogP) is 4.51. The summed E-state index contributed by atoms with van der Waals surface area (Å²) in [4.78, 5) is 0. The van der Waals surface area contributed by atoms with Crippen molar-refractivity contribution in [3.8, 4) is 0 Å². The summed E-state index contributed by atoms with van der Waals surface area (Å²) in [5.41, 5.74) is 0. The Bertz CT molecular complexity index is 175. The van der Waals surface area contributed by atoms with Gasteiger partial charge in [0.1, 0.15) is 0 Å². The number of ether oxygens (including phenoxy) is 1. The van der Waals surface area contributed by atoms with Gasteiger partial charge in [-0.15, -0.1) is 0 Å². The fourth-order valence-corrected chi connectivity index (χ4v) is 2.33. The van der Waals surface area contributed by atoms with Gasteiger partial charge in [0, 0.05) is 6.61 Å². The van der Waals surface area contributed by atoms with Crippen LogP contribution < -0.4 is 0 Å². The molecule has 0 saturated carbocycles. The van der Waals surface area contributed by atoms with Gasteiger partial charge in [0.2, 0.25) is 0 Å². The zero-order valence-corrected chi connectivity index (χ0v) is 11.2. The van der Waals surface area contributed by atoms with Gasteiger partial charge in [-0.2, -0.15) is 0 Å². The number of alkyl halides is 2. The van der Waals surface area contributed by atoms with Crippen LogP contribution in [-0.4, -0.2) is 18.6 Å². The molecular weight excluding hydrogens is 210 g/mol. The first kappa shape index (κ1) is 15.8. The van der Waals surface area contributed by atoms with Gasteiger partial charge in [-0.1, -0.05) is 33.6 Å². The standard InChI is InChI=1S/C13H26F2O/c1-6-8-9-11(16-7-2)12(10(3)4)13(5,14)15/h10-12H,6-9H2,1-5H3. The lowest BCUT2D eigenvalue weighted by atomic mass is 9.83. The van der Waals surface area contributed by atoms with Gasteiger partial charge in [-0.05, 0) is 26.2 Å². The van der Waals surface area contributed by atoms with Gasteiger partial charge >= 0.3 is 0 Å². The van der Waals surface area contributed by atoms with E-state index in [-0.39, 0.29) is 12.0 Å². The summed E-state index contributed by atoms with van der Waals surface area (Å²) in [5.74, 6) is -3.41. The molecule has 0 aliphatic rings. The quantitative estimate of drug-likeness (QED) is 0.602. The van der Waals surface area contributed by atoms with E-state index in [2.05, 4.69) is 6.92 Å². The highest BCUT2D eigenvalue weighted by Gasteiger charge is 2.42. The van der Waals surface area contributed by atoms with Crippen LogP contribution in [0.1, 0.15) is 53.9 Å². The van der Waals surface area contributed by atoms with Gasteiger partial charge in [0.25, 0.3) is 5.92 Å². The molecule has 98 valence electrons. The van der Waals surface area contributed by atoms with Crippen LogP contribution in [0.4, 0.5) is 8.78 Å². The summed E-state index contributed by atoms with van der Waals surface area (Å²) in [6.07, 6.45) is 2.38. The Morgan fingerprint density at radius 1 is 1.19 bits per heavy atom. The molecule has 0 spiro atoms. The van der Waals surface area contributed by atoms with E-state index >= 15 is 0 Å². The van der Waals surface area contributed by atoms with Gasteiger partial charge in [0.05, 0.1) is 12.0 Å². The second-order valence-electron chi connectivity index (χ2n) is 4.86. The van der Waals surface area contributed by atoms with Crippen molar-refractivity contribution < 1.29 is 13.5 Å². The molecule has 0 aliphatic carbocycles. The topological polar surface area (TPSA) is 9.23 Å². The number of halogens is 2. The Labute approximate surface area is 98.6 Å². The van der Waals surface area contributed by atoms with E-state index in [9.17, 15) is 8.78 Å². The number of unbranched alkanes of at least 4 members (excludes halogenated alkanes) is 1. The normalized spacial score (nSPS) is 16.5. The second kappa shape index (κ2) is 7.21. The van der Waals surface area contributed by atoms with Crippen molar-refractivity contribution in [2.24, 2.45) is 11.8 Å². The summed E-state index contributed by atoms with van der Waals surface area (Å²) < 4.78 is 32.6. The molecule has 0 radical (unpaired) electrons. The zero-order chi connectivity index (χ0) is 12.8. The fourth-order valence-electron chi connectivity index (χ4n) is 2.33. The highest BCUT2D eigenvalue weighted by Crippen LogP contribution is 2.36. The minimum Gasteiger partial charge on any atom is -0.378 e. The van der Waals surface area contributed by atoms with E-state index < -0.39 is 11.8 Å². The van der Waals surface area contributed by atoms with Crippen LogP contribution in [0.5, 0.6) is 0 Å². The lowest BCUT2D eigenvalue weighted by Gasteiger charge is -2.34. The maximum atomic E-state index is 13.6. The molecule has 0 aromatic carbocycles. The van der Waals surface area contributed by atoms with Crippen LogP contribution >= 0.6 is 0 Å². The van der Waals surface area contributed by atoms with E-state index in [1.807, 2.05) is 20.8 Å². The summed E-state index contributed by atoms with van der Waals surface area (Å²) in [6.45, 7) is 9.14. The van der Waals surface area contributed by atoms with E-state index in [1.165, 1.54) is 0 Å². The number of rotatable bonds is 8. The monoisotopic (exact) mass is 236 g/mol. The minimum atomic E-state index is -2.66. The van der Waals surface area contributed by atoms with Crippen LogP contribution in [0.25, 0.3) is 0 Å². The Hall–Kier alpha value is -0.180. The van der Waals surface area contributed by atoms with E-state index in [4.69, 9.17) is 4.74 Å². The summed E-state index contributed by atoms with van der Waals surface area (Å²) in [5, 5.41) is 0. The SMILES string of the molecule is CCCCC(OCC)C(C(C)C)C(C)(F)F. The minimum absolute atomic E-state index is 0.0617. The molecule has 0 fully saturated rings. The van der Waals surface area contributed by atoms with Gasteiger partial charge in [-0.25, -0.2) is 8.78 Å². The highest BCUT2D eigenvalue weighted by molar-refractivity contribution is 4.83. The van der Waals surface area contributed by atoms with E-state index in [1.54, 1.807) is 0 Å². The molecule has 1 nitrogen and oxygen atoms in total. The zero-order valence-electron chi connectivity index (χ0n) is 11.2. The lowest BCUT2D eigenvalue weighted by molar-refractivity contribution is -0.128. The van der Waals surface area contributed by atoms with Crippen molar-refractivity contribution in [2.75, 3.05) is 6.61 Å². The summed E-state index contributed by atoms with van der Waals surface area (Å²) in [6, 6.07) is 0. The molecule has 0 aliphatic heterocycles. The molecule has 0 bridgehead atoms. The van der Waals surface area contributed by atoms with Crippen molar-refractivity contribution in [3.05, 3.63) is 0 Å². The van der Waals surface area contributed by atoms with Gasteiger partial charge in [0.15, 0.2) is 0 Å². The van der Waals surface area contributed by atoms with Crippen LogP contribution in [0.15, 0.2) is 0 Å². The first-order chi connectivity index (χ1) is 7.34. The van der Waals surface area contributed by atoms with Crippen LogP contribution in [0.2, 0.25) is 0 Å². The molecule has 0 saturated heterocycles. The van der Waals surface area contributed by atoms with Crippen molar-refractivity contribution in [2.45, 2.75) is 65.9 Å². The van der Waals surface area contributed by atoms with Crippen LogP contribution in [0, 0.1) is 11.8 Å². The van der Waals surface area contributed by atoms with Gasteiger partial charge < -0.3 is 4.74 Å². The van der Waals surface area contributed by atoms with Crippen molar-refractivity contribution in [3.63, 3.8) is 0 Å². The number of hydrogen-bond donors (Lipinski definition) is 0. The van der Waals surface area contributed by atoms with Crippen molar-refractivity contribution >= 4 is 0 Å². The Kier molecular flexibility index (Phi) is 7.12. The largest absolute Gasteiger partial charge is 0.378 e. The molecule has 2 atom stereocenters. The Balaban J connectivity index is 4.66. The highest BCUT2D eigenvalue weighted by atomic mass is 19.3. The van der Waals surface area contributed by atoms with E-state index in [0.717, 1.165) is 26.2 Å². The molecular formula is C13H26F2O. The molecule has 2 unspecified atom stereocenters. The molecule has 0 aromatic heterocycles. The first-order valence-electron chi connectivity index (χ1n) is 6.33. The summed E-state index contributed by atoms with van der Waals surface area (Å²) in [7, 11) is 0. The van der Waals surface area contributed by atoms with Crippen molar-refractivity contribution in [1.82, 2.24) is 0 Å². The third-order valence-corrected chi connectivity index (χ3v) is 2.93. The lowest BCUT2D eigenvalue weighted by Crippen LogP contribution is -2.40. The average Bonchev–Trinajstić information content (AvgIpc) is 2.11. The van der Waals surface area contributed by atoms with E-state index in [0.29, 0.717) is 6.61 Å². The maximum absolute atomic E-state index is 13.6. The second-order valence-corrected chi connectivity index (χ2v) is 4.86. The summed E-state index contributed by atoms with van der Waals surface area (Å²) >= 11 is 0.